The van der Waals surface area contributed by atoms with E-state index >= 15 is 0 Å². The summed E-state index contributed by atoms with van der Waals surface area (Å²) in [6.07, 6.45) is 4.17. The number of aryl methyl sites for hydroxylation is 1. The van der Waals surface area contributed by atoms with Gasteiger partial charge in [-0.15, -0.1) is 11.8 Å². The van der Waals surface area contributed by atoms with Crippen LogP contribution in [0.3, 0.4) is 0 Å². The summed E-state index contributed by atoms with van der Waals surface area (Å²) in [5.41, 5.74) is 0.774. The Bertz CT molecular complexity index is 538. The van der Waals surface area contributed by atoms with E-state index in [1.807, 2.05) is 31.4 Å². The first-order valence-corrected chi connectivity index (χ1v) is 7.87. The molecule has 1 amide bonds. The quantitative estimate of drug-likeness (QED) is 0.819. The van der Waals surface area contributed by atoms with Gasteiger partial charge in [-0.1, -0.05) is 12.5 Å². The molecule has 4 nitrogen and oxygen atoms in total. The van der Waals surface area contributed by atoms with Gasteiger partial charge in [-0.25, -0.2) is 0 Å². The van der Waals surface area contributed by atoms with Crippen LogP contribution >= 0.6 is 11.8 Å². The monoisotopic (exact) mass is 293 g/mol. The molecule has 108 valence electrons. The third-order valence-electron chi connectivity index (χ3n) is 4.04. The van der Waals surface area contributed by atoms with Gasteiger partial charge in [0.25, 0.3) is 5.91 Å². The van der Waals surface area contributed by atoms with Gasteiger partial charge in [0.1, 0.15) is 0 Å². The number of hydrogen-bond donors (Lipinski definition) is 2. The van der Waals surface area contributed by atoms with Crippen LogP contribution in [0, 0.1) is 12.3 Å². The number of carboxylic acids is 1. The highest BCUT2D eigenvalue weighted by Gasteiger charge is 2.44. The van der Waals surface area contributed by atoms with Crippen molar-refractivity contribution >= 4 is 23.6 Å². The first-order valence-electron chi connectivity index (χ1n) is 6.65. The Morgan fingerprint density at radius 2 is 2.10 bits per heavy atom. The van der Waals surface area contributed by atoms with E-state index < -0.39 is 11.4 Å². The molecular formula is C15H19NO3S. The standard InChI is InChI=1S/C15H19NO3S/c1-10-4-5-11(20-2)8-12(10)13(17)16-9-15(14(18)19)6-3-7-15/h4-5,8H,3,6-7,9H2,1-2H3,(H,16,17)(H,18,19). The molecule has 20 heavy (non-hydrogen) atoms. The molecule has 0 radical (unpaired) electrons. The summed E-state index contributed by atoms with van der Waals surface area (Å²) in [5.74, 6) is -0.996. The van der Waals surface area contributed by atoms with Crippen LogP contribution in [0.4, 0.5) is 0 Å². The molecule has 5 heteroatoms. The lowest BCUT2D eigenvalue weighted by molar-refractivity contribution is -0.153. The van der Waals surface area contributed by atoms with E-state index in [1.54, 1.807) is 11.8 Å². The van der Waals surface area contributed by atoms with Crippen molar-refractivity contribution < 1.29 is 14.7 Å². The Labute approximate surface area is 123 Å². The van der Waals surface area contributed by atoms with E-state index in [0.29, 0.717) is 18.4 Å². The summed E-state index contributed by atoms with van der Waals surface area (Å²) < 4.78 is 0. The number of rotatable bonds is 5. The molecule has 1 saturated carbocycles. The largest absolute Gasteiger partial charge is 0.481 e. The first kappa shape index (κ1) is 14.9. The average molecular weight is 293 g/mol. The van der Waals surface area contributed by atoms with Crippen molar-refractivity contribution in [3.63, 3.8) is 0 Å². The van der Waals surface area contributed by atoms with Crippen LogP contribution in [0.5, 0.6) is 0 Å². The second kappa shape index (κ2) is 5.87. The molecule has 0 bridgehead atoms. The zero-order chi connectivity index (χ0) is 14.8. The van der Waals surface area contributed by atoms with Crippen molar-refractivity contribution in [3.8, 4) is 0 Å². The van der Waals surface area contributed by atoms with E-state index in [1.165, 1.54) is 0 Å². The van der Waals surface area contributed by atoms with Gasteiger partial charge in [0.15, 0.2) is 0 Å². The van der Waals surface area contributed by atoms with Crippen molar-refractivity contribution in [1.82, 2.24) is 5.32 Å². The molecule has 0 unspecified atom stereocenters. The van der Waals surface area contributed by atoms with Crippen LogP contribution in [0.2, 0.25) is 0 Å². The Morgan fingerprint density at radius 3 is 2.60 bits per heavy atom. The Hall–Kier alpha value is -1.49. The minimum absolute atomic E-state index is 0.189. The normalized spacial score (nSPS) is 16.3. The lowest BCUT2D eigenvalue weighted by atomic mass is 9.69. The van der Waals surface area contributed by atoms with Crippen LogP contribution in [-0.2, 0) is 4.79 Å². The molecule has 0 atom stereocenters. The van der Waals surface area contributed by atoms with Crippen molar-refractivity contribution in [2.75, 3.05) is 12.8 Å². The number of nitrogens with one attached hydrogen (secondary N) is 1. The molecule has 1 aromatic rings. The molecule has 0 saturated heterocycles. The number of amides is 1. The molecular weight excluding hydrogens is 274 g/mol. The first-order chi connectivity index (χ1) is 9.48. The lowest BCUT2D eigenvalue weighted by Gasteiger charge is -2.37. The number of hydrogen-bond acceptors (Lipinski definition) is 3. The van der Waals surface area contributed by atoms with Crippen LogP contribution in [0.15, 0.2) is 23.1 Å². The molecule has 1 aliphatic carbocycles. The topological polar surface area (TPSA) is 66.4 Å². The number of aliphatic carboxylic acids is 1. The maximum Gasteiger partial charge on any atom is 0.311 e. The molecule has 1 aliphatic rings. The maximum atomic E-state index is 12.2. The Balaban J connectivity index is 2.07. The highest BCUT2D eigenvalue weighted by Crippen LogP contribution is 2.40. The fourth-order valence-corrected chi connectivity index (χ4v) is 2.83. The van der Waals surface area contributed by atoms with E-state index in [-0.39, 0.29) is 12.5 Å². The maximum absolute atomic E-state index is 12.2. The number of carbonyl (C=O) groups excluding carboxylic acids is 1. The van der Waals surface area contributed by atoms with Gasteiger partial charge in [-0.2, -0.15) is 0 Å². The fraction of sp³-hybridized carbons (Fsp3) is 0.467. The predicted octanol–water partition coefficient (Wildman–Crippen LogP) is 2.70. The van der Waals surface area contributed by atoms with Gasteiger partial charge in [0, 0.05) is 17.0 Å². The number of thioether (sulfide) groups is 1. The van der Waals surface area contributed by atoms with Crippen molar-refractivity contribution in [1.29, 1.82) is 0 Å². The summed E-state index contributed by atoms with van der Waals surface area (Å²) in [6, 6.07) is 5.74. The second-order valence-electron chi connectivity index (χ2n) is 5.30. The van der Waals surface area contributed by atoms with E-state index in [0.717, 1.165) is 16.9 Å². The summed E-state index contributed by atoms with van der Waals surface area (Å²) in [5, 5.41) is 12.0. The molecule has 2 rings (SSSR count). The third-order valence-corrected chi connectivity index (χ3v) is 4.77. The summed E-state index contributed by atoms with van der Waals surface area (Å²) in [7, 11) is 0. The van der Waals surface area contributed by atoms with E-state index in [9.17, 15) is 14.7 Å². The number of carbonyl (C=O) groups is 2. The molecule has 2 N–H and O–H groups in total. The zero-order valence-corrected chi connectivity index (χ0v) is 12.5. The van der Waals surface area contributed by atoms with E-state index in [2.05, 4.69) is 5.32 Å². The van der Waals surface area contributed by atoms with Gasteiger partial charge in [-0.3, -0.25) is 9.59 Å². The smallest absolute Gasteiger partial charge is 0.311 e. The van der Waals surface area contributed by atoms with Crippen LogP contribution < -0.4 is 5.32 Å². The second-order valence-corrected chi connectivity index (χ2v) is 6.18. The van der Waals surface area contributed by atoms with Crippen molar-refractivity contribution in [2.24, 2.45) is 5.41 Å². The summed E-state index contributed by atoms with van der Waals surface area (Å²) in [6.45, 7) is 2.10. The van der Waals surface area contributed by atoms with E-state index in [4.69, 9.17) is 0 Å². The van der Waals surface area contributed by atoms with Gasteiger partial charge in [0.2, 0.25) is 0 Å². The zero-order valence-electron chi connectivity index (χ0n) is 11.7. The van der Waals surface area contributed by atoms with Gasteiger partial charge >= 0.3 is 5.97 Å². The van der Waals surface area contributed by atoms with Gasteiger partial charge < -0.3 is 10.4 Å². The van der Waals surface area contributed by atoms with Gasteiger partial charge in [0.05, 0.1) is 5.41 Å². The Morgan fingerprint density at radius 1 is 1.40 bits per heavy atom. The van der Waals surface area contributed by atoms with Crippen molar-refractivity contribution in [3.05, 3.63) is 29.3 Å². The average Bonchev–Trinajstić information content (AvgIpc) is 2.37. The molecule has 0 aromatic heterocycles. The highest BCUT2D eigenvalue weighted by atomic mass is 32.2. The molecule has 0 spiro atoms. The summed E-state index contributed by atoms with van der Waals surface area (Å²) in [4.78, 5) is 24.5. The predicted molar refractivity (Wildman–Crippen MR) is 79.2 cm³/mol. The lowest BCUT2D eigenvalue weighted by Crippen LogP contribution is -2.47. The minimum Gasteiger partial charge on any atom is -0.481 e. The Kier molecular flexibility index (Phi) is 4.38. The highest BCUT2D eigenvalue weighted by molar-refractivity contribution is 7.98. The van der Waals surface area contributed by atoms with Crippen molar-refractivity contribution in [2.45, 2.75) is 31.1 Å². The van der Waals surface area contributed by atoms with Gasteiger partial charge in [-0.05, 0) is 43.7 Å². The summed E-state index contributed by atoms with van der Waals surface area (Å²) >= 11 is 1.58. The SMILES string of the molecule is CSc1ccc(C)c(C(=O)NCC2(C(=O)O)CCC2)c1. The molecule has 0 heterocycles. The van der Waals surface area contributed by atoms with Crippen LogP contribution in [-0.4, -0.2) is 29.8 Å². The molecule has 1 fully saturated rings. The fourth-order valence-electron chi connectivity index (χ4n) is 2.39. The number of benzene rings is 1. The third kappa shape index (κ3) is 2.82. The minimum atomic E-state index is -0.807. The van der Waals surface area contributed by atoms with Crippen LogP contribution in [0.25, 0.3) is 0 Å². The molecule has 1 aromatic carbocycles. The van der Waals surface area contributed by atoms with Crippen LogP contribution in [0.1, 0.15) is 35.2 Å². The molecule has 0 aliphatic heterocycles. The number of carboxylic acid groups (broad SMARTS) is 1.